The SMILES string of the molecule is CCCC1=C(C(=O)OCC)[C@H](c2ccc3c(c2)OCO3)n2c(s/c(=C/c3ccc(Sc4nc(C)cc(C)n4)o3)c2=O)=N1. The summed E-state index contributed by atoms with van der Waals surface area (Å²) < 4.78 is 24.6. The van der Waals surface area contributed by atoms with E-state index in [-0.39, 0.29) is 19.0 Å². The summed E-state index contributed by atoms with van der Waals surface area (Å²) in [6, 6.07) is 10.2. The van der Waals surface area contributed by atoms with Gasteiger partial charge in [-0.15, -0.1) is 0 Å². The van der Waals surface area contributed by atoms with E-state index in [0.717, 1.165) is 17.8 Å². The highest BCUT2D eigenvalue weighted by Crippen LogP contribution is 2.39. The Labute approximate surface area is 249 Å². The van der Waals surface area contributed by atoms with E-state index in [1.807, 2.05) is 45.0 Å². The number of benzene rings is 1. The fourth-order valence-corrected chi connectivity index (χ4v) is 6.78. The van der Waals surface area contributed by atoms with Gasteiger partial charge in [0.1, 0.15) is 5.76 Å². The number of fused-ring (bicyclic) bond motifs is 2. The Bertz CT molecular complexity index is 1880. The Balaban J connectivity index is 1.45. The maximum Gasteiger partial charge on any atom is 0.338 e. The van der Waals surface area contributed by atoms with Gasteiger partial charge in [-0.05, 0) is 74.8 Å². The molecule has 0 N–H and O–H groups in total. The maximum absolute atomic E-state index is 14.0. The summed E-state index contributed by atoms with van der Waals surface area (Å²) in [5.74, 6) is 1.17. The molecule has 6 rings (SSSR count). The van der Waals surface area contributed by atoms with Gasteiger partial charge >= 0.3 is 5.97 Å². The van der Waals surface area contributed by atoms with Crippen molar-refractivity contribution in [1.29, 1.82) is 0 Å². The predicted octanol–water partition coefficient (Wildman–Crippen LogP) is 4.46. The van der Waals surface area contributed by atoms with Crippen molar-refractivity contribution in [1.82, 2.24) is 14.5 Å². The van der Waals surface area contributed by atoms with Crippen molar-refractivity contribution in [3.05, 3.63) is 90.1 Å². The third-order valence-electron chi connectivity index (χ3n) is 6.63. The number of ether oxygens (including phenoxy) is 3. The van der Waals surface area contributed by atoms with Crippen LogP contribution in [0.5, 0.6) is 11.5 Å². The van der Waals surface area contributed by atoms with Gasteiger partial charge in [0.15, 0.2) is 26.5 Å². The number of thiazole rings is 1. The maximum atomic E-state index is 14.0. The van der Waals surface area contributed by atoms with E-state index in [1.165, 1.54) is 23.1 Å². The third kappa shape index (κ3) is 5.39. The number of hydrogen-bond donors (Lipinski definition) is 0. The summed E-state index contributed by atoms with van der Waals surface area (Å²) in [7, 11) is 0. The smallest absolute Gasteiger partial charge is 0.338 e. The third-order valence-corrected chi connectivity index (χ3v) is 8.40. The second-order valence-corrected chi connectivity index (χ2v) is 11.7. The Hall–Kier alpha value is -4.16. The molecule has 0 amide bonds. The van der Waals surface area contributed by atoms with Crippen molar-refractivity contribution < 1.29 is 23.4 Å². The first-order valence-corrected chi connectivity index (χ1v) is 15.2. The van der Waals surface area contributed by atoms with E-state index in [4.69, 9.17) is 23.6 Å². The Morgan fingerprint density at radius 1 is 1.12 bits per heavy atom. The van der Waals surface area contributed by atoms with Crippen LogP contribution in [0.1, 0.15) is 55.4 Å². The van der Waals surface area contributed by atoms with Gasteiger partial charge < -0.3 is 18.6 Å². The molecule has 0 spiro atoms. The number of carbonyl (C=O) groups excluding carboxylic acids is 1. The van der Waals surface area contributed by atoms with E-state index in [9.17, 15) is 9.59 Å². The molecule has 0 bridgehead atoms. The van der Waals surface area contributed by atoms with E-state index in [2.05, 4.69) is 9.97 Å². The lowest BCUT2D eigenvalue weighted by molar-refractivity contribution is -0.139. The van der Waals surface area contributed by atoms with Gasteiger partial charge in [-0.2, -0.15) is 0 Å². The van der Waals surface area contributed by atoms with Gasteiger partial charge in [0.05, 0.1) is 28.5 Å². The number of rotatable bonds is 8. The Morgan fingerprint density at radius 2 is 1.90 bits per heavy atom. The van der Waals surface area contributed by atoms with Crippen LogP contribution in [0.3, 0.4) is 0 Å². The van der Waals surface area contributed by atoms with Crippen LogP contribution in [-0.4, -0.2) is 33.9 Å². The standard InChI is InChI=1S/C30H28N4O6S2/c1-5-7-20-25(28(36)37-6-2)26(18-8-10-21-22(13-18)39-15-38-21)34-27(35)23(41-30(34)33-20)14-19-9-11-24(40-19)42-29-31-16(3)12-17(4)32-29/h8-14,26H,5-7,15H2,1-4H3/b23-14+/t26-/m0/s1. The number of carbonyl (C=O) groups is 1. The number of aromatic nitrogens is 3. The summed E-state index contributed by atoms with van der Waals surface area (Å²) in [5.41, 5.74) is 3.11. The van der Waals surface area contributed by atoms with Crippen LogP contribution in [0.4, 0.5) is 0 Å². The minimum absolute atomic E-state index is 0.113. The molecule has 0 aliphatic carbocycles. The number of aryl methyl sites for hydroxylation is 2. The molecule has 0 fully saturated rings. The lowest BCUT2D eigenvalue weighted by atomic mass is 9.94. The van der Waals surface area contributed by atoms with Crippen LogP contribution < -0.4 is 24.4 Å². The molecule has 0 radical (unpaired) electrons. The largest absolute Gasteiger partial charge is 0.463 e. The molecule has 4 aromatic rings. The molecule has 0 saturated heterocycles. The molecular weight excluding hydrogens is 576 g/mol. The van der Waals surface area contributed by atoms with Crippen molar-refractivity contribution in [3.63, 3.8) is 0 Å². The predicted molar refractivity (Wildman–Crippen MR) is 157 cm³/mol. The number of allylic oxidation sites excluding steroid dienone is 1. The molecule has 216 valence electrons. The molecule has 1 atom stereocenters. The van der Waals surface area contributed by atoms with Crippen LogP contribution in [0.25, 0.3) is 6.08 Å². The molecule has 10 nitrogen and oxygen atoms in total. The number of hydrogen-bond acceptors (Lipinski definition) is 11. The zero-order chi connectivity index (χ0) is 29.4. The molecule has 0 unspecified atom stereocenters. The topological polar surface area (TPSA) is 118 Å². The average molecular weight is 605 g/mol. The van der Waals surface area contributed by atoms with Crippen LogP contribution in [0.2, 0.25) is 0 Å². The molecule has 2 aliphatic heterocycles. The minimum Gasteiger partial charge on any atom is -0.463 e. The van der Waals surface area contributed by atoms with E-state index >= 15 is 0 Å². The normalized spacial score (nSPS) is 16.0. The first-order chi connectivity index (χ1) is 20.3. The van der Waals surface area contributed by atoms with Crippen molar-refractivity contribution in [2.45, 2.75) is 56.8 Å². The molecule has 0 saturated carbocycles. The first kappa shape index (κ1) is 28.0. The number of nitrogens with zero attached hydrogens (tertiary/aromatic N) is 4. The van der Waals surface area contributed by atoms with Gasteiger partial charge in [0, 0.05) is 17.5 Å². The van der Waals surface area contributed by atoms with Crippen LogP contribution in [0, 0.1) is 13.8 Å². The quantitative estimate of drug-likeness (QED) is 0.212. The molecule has 5 heterocycles. The fourth-order valence-electron chi connectivity index (χ4n) is 4.94. The van der Waals surface area contributed by atoms with Gasteiger partial charge in [0.2, 0.25) is 6.79 Å². The van der Waals surface area contributed by atoms with Gasteiger partial charge in [-0.1, -0.05) is 30.7 Å². The molecule has 42 heavy (non-hydrogen) atoms. The highest BCUT2D eigenvalue weighted by atomic mass is 32.2. The fraction of sp³-hybridized carbons (Fsp3) is 0.300. The van der Waals surface area contributed by atoms with Crippen molar-refractivity contribution in [3.8, 4) is 11.5 Å². The summed E-state index contributed by atoms with van der Waals surface area (Å²) in [6.07, 6.45) is 3.02. The molecule has 12 heteroatoms. The second-order valence-electron chi connectivity index (χ2n) is 9.72. The van der Waals surface area contributed by atoms with Gasteiger partial charge in [-0.25, -0.2) is 19.8 Å². The Morgan fingerprint density at radius 3 is 2.67 bits per heavy atom. The van der Waals surface area contributed by atoms with E-state index < -0.39 is 12.0 Å². The first-order valence-electron chi connectivity index (χ1n) is 13.6. The lowest BCUT2D eigenvalue weighted by Crippen LogP contribution is -2.40. The van der Waals surface area contributed by atoms with Crippen LogP contribution >= 0.6 is 23.1 Å². The highest BCUT2D eigenvalue weighted by Gasteiger charge is 2.35. The molecule has 1 aromatic carbocycles. The second kappa shape index (κ2) is 11.6. The monoisotopic (exact) mass is 604 g/mol. The molecule has 3 aromatic heterocycles. The van der Waals surface area contributed by atoms with Crippen LogP contribution in [-0.2, 0) is 9.53 Å². The van der Waals surface area contributed by atoms with Gasteiger partial charge in [-0.3, -0.25) is 9.36 Å². The summed E-state index contributed by atoms with van der Waals surface area (Å²) in [6.45, 7) is 7.93. The van der Waals surface area contributed by atoms with Crippen molar-refractivity contribution >= 4 is 35.1 Å². The zero-order valence-corrected chi connectivity index (χ0v) is 25.1. The Kier molecular flexibility index (Phi) is 7.74. The number of furan rings is 1. The summed E-state index contributed by atoms with van der Waals surface area (Å²) in [4.78, 5) is 41.6. The lowest BCUT2D eigenvalue weighted by Gasteiger charge is -2.25. The van der Waals surface area contributed by atoms with E-state index in [1.54, 1.807) is 29.7 Å². The molecule has 2 aliphatic rings. The molecular formula is C30H28N4O6S2. The number of esters is 1. The van der Waals surface area contributed by atoms with Gasteiger partial charge in [0.25, 0.3) is 5.56 Å². The van der Waals surface area contributed by atoms with Crippen LogP contribution in [0.15, 0.2) is 72.1 Å². The van der Waals surface area contributed by atoms with E-state index in [0.29, 0.717) is 60.1 Å². The van der Waals surface area contributed by atoms with Crippen molar-refractivity contribution in [2.75, 3.05) is 13.4 Å². The average Bonchev–Trinajstić information content (AvgIpc) is 3.67. The van der Waals surface area contributed by atoms with Crippen molar-refractivity contribution in [2.24, 2.45) is 4.99 Å². The summed E-state index contributed by atoms with van der Waals surface area (Å²) in [5, 5.41) is 1.19. The minimum atomic E-state index is -0.747. The zero-order valence-electron chi connectivity index (χ0n) is 23.5. The highest BCUT2D eigenvalue weighted by molar-refractivity contribution is 7.99. The summed E-state index contributed by atoms with van der Waals surface area (Å²) >= 11 is 2.56.